The van der Waals surface area contributed by atoms with E-state index in [9.17, 15) is 0 Å². The van der Waals surface area contributed by atoms with Crippen molar-refractivity contribution in [2.75, 3.05) is 12.8 Å². The molecule has 0 aromatic heterocycles. The van der Waals surface area contributed by atoms with Crippen molar-refractivity contribution in [3.63, 3.8) is 0 Å². The second-order valence-corrected chi connectivity index (χ2v) is 5.48. The molecule has 22 heavy (non-hydrogen) atoms. The first-order chi connectivity index (χ1) is 10.7. The number of nitrogen functional groups attached to an aromatic ring is 1. The van der Waals surface area contributed by atoms with Gasteiger partial charge in [0.25, 0.3) is 0 Å². The fourth-order valence-electron chi connectivity index (χ4n) is 2.79. The number of hydrogen-bond donors (Lipinski definition) is 2. The molecular weight excluding hydrogens is 272 g/mol. The minimum absolute atomic E-state index is 0.324. The lowest BCUT2D eigenvalue weighted by Gasteiger charge is -2.20. The van der Waals surface area contributed by atoms with E-state index in [1.165, 1.54) is 5.56 Å². The maximum atomic E-state index is 6.00. The van der Waals surface area contributed by atoms with Crippen LogP contribution in [-0.2, 0) is 0 Å². The third-order valence-electron chi connectivity index (χ3n) is 4.01. The predicted octanol–water partition coefficient (Wildman–Crippen LogP) is 3.83. The molecule has 0 aliphatic heterocycles. The third-order valence-corrected chi connectivity index (χ3v) is 4.01. The largest absolute Gasteiger partial charge is 0.497 e. The maximum Gasteiger partial charge on any atom is 0.118 e. The molecule has 0 fully saturated rings. The summed E-state index contributed by atoms with van der Waals surface area (Å²) in [6.07, 6.45) is 7.12. The van der Waals surface area contributed by atoms with Crippen molar-refractivity contribution in [2.24, 2.45) is 5.73 Å². The summed E-state index contributed by atoms with van der Waals surface area (Å²) in [5, 5.41) is 0. The van der Waals surface area contributed by atoms with Gasteiger partial charge < -0.3 is 16.2 Å². The highest BCUT2D eigenvalue weighted by molar-refractivity contribution is 5.72. The molecule has 112 valence electrons. The average molecular weight is 292 g/mol. The van der Waals surface area contributed by atoms with E-state index < -0.39 is 0 Å². The molecule has 0 saturated heterocycles. The average Bonchev–Trinajstić information content (AvgIpc) is 2.56. The summed E-state index contributed by atoms with van der Waals surface area (Å²) in [6.45, 7) is 0. The topological polar surface area (TPSA) is 61.3 Å². The predicted molar refractivity (Wildman–Crippen MR) is 91.6 cm³/mol. The molecule has 3 nitrogen and oxygen atoms in total. The van der Waals surface area contributed by atoms with Crippen LogP contribution in [-0.4, -0.2) is 7.11 Å². The van der Waals surface area contributed by atoms with Crippen LogP contribution in [0.4, 0.5) is 5.69 Å². The summed E-state index contributed by atoms with van der Waals surface area (Å²) in [7, 11) is 1.67. The maximum absolute atomic E-state index is 6.00. The van der Waals surface area contributed by atoms with Gasteiger partial charge in [-0.3, -0.25) is 0 Å². The van der Waals surface area contributed by atoms with Crippen LogP contribution < -0.4 is 16.2 Å². The number of nitrogens with two attached hydrogens (primary N) is 2. The van der Waals surface area contributed by atoms with E-state index in [2.05, 4.69) is 30.4 Å². The van der Waals surface area contributed by atoms with E-state index >= 15 is 0 Å². The van der Waals surface area contributed by atoms with Gasteiger partial charge in [-0.05, 0) is 53.5 Å². The number of methoxy groups -OCH3 is 1. The summed E-state index contributed by atoms with van der Waals surface area (Å²) in [6, 6.07) is 14.2. The normalized spacial score (nSPS) is 17.1. The van der Waals surface area contributed by atoms with Crippen LogP contribution in [0, 0.1) is 0 Å². The van der Waals surface area contributed by atoms with Crippen molar-refractivity contribution in [1.82, 2.24) is 0 Å². The Balaban J connectivity index is 2.02. The summed E-state index contributed by atoms with van der Waals surface area (Å²) in [4.78, 5) is 0. The van der Waals surface area contributed by atoms with Gasteiger partial charge in [0, 0.05) is 17.3 Å². The minimum Gasteiger partial charge on any atom is -0.497 e. The van der Waals surface area contributed by atoms with Gasteiger partial charge in [-0.2, -0.15) is 0 Å². The summed E-state index contributed by atoms with van der Waals surface area (Å²) in [5.41, 5.74) is 17.0. The zero-order valence-corrected chi connectivity index (χ0v) is 12.6. The highest BCUT2D eigenvalue weighted by atomic mass is 16.5. The van der Waals surface area contributed by atoms with Gasteiger partial charge >= 0.3 is 0 Å². The molecule has 1 atom stereocenters. The number of rotatable bonds is 3. The fraction of sp³-hybridized carbons (Fsp3) is 0.158. The van der Waals surface area contributed by atoms with Crippen LogP contribution in [0.15, 0.2) is 66.4 Å². The highest BCUT2D eigenvalue weighted by Gasteiger charge is 2.15. The monoisotopic (exact) mass is 292 g/mol. The summed E-state index contributed by atoms with van der Waals surface area (Å²) < 4.78 is 5.23. The zero-order valence-electron chi connectivity index (χ0n) is 12.6. The lowest BCUT2D eigenvalue weighted by Crippen LogP contribution is -2.05. The molecule has 0 bridgehead atoms. The van der Waals surface area contributed by atoms with Crippen molar-refractivity contribution in [3.8, 4) is 16.9 Å². The molecule has 1 aliphatic carbocycles. The van der Waals surface area contributed by atoms with Crippen LogP contribution in [0.2, 0.25) is 0 Å². The lowest BCUT2D eigenvalue weighted by molar-refractivity contribution is 0.415. The Morgan fingerprint density at radius 1 is 1.05 bits per heavy atom. The molecule has 2 aromatic rings. The smallest absolute Gasteiger partial charge is 0.118 e. The molecule has 1 aliphatic rings. The van der Waals surface area contributed by atoms with Crippen molar-refractivity contribution in [3.05, 3.63) is 72.0 Å². The third kappa shape index (κ3) is 2.84. The molecule has 4 N–H and O–H groups in total. The standard InChI is InChI=1S/C19H20N2O/c1-22-17-9-4-14(5-10-17)19-12-16(21)8-11-18(19)13-2-6-15(20)7-3-13/h2,4-13H,3,20-21H2,1H3. The molecule has 2 aromatic carbocycles. The van der Waals surface area contributed by atoms with Gasteiger partial charge in [-0.25, -0.2) is 0 Å². The summed E-state index contributed by atoms with van der Waals surface area (Å²) in [5.74, 6) is 1.17. The SMILES string of the molecule is COc1ccc(-c2cc(N)ccc2C2C=CC(N)=CC2)cc1. The van der Waals surface area contributed by atoms with E-state index in [0.717, 1.165) is 34.7 Å². The number of anilines is 1. The van der Waals surface area contributed by atoms with Gasteiger partial charge in [-0.1, -0.05) is 30.4 Å². The first kappa shape index (κ1) is 14.3. The zero-order chi connectivity index (χ0) is 15.5. The first-order valence-corrected chi connectivity index (χ1v) is 7.35. The van der Waals surface area contributed by atoms with Crippen molar-refractivity contribution in [2.45, 2.75) is 12.3 Å². The van der Waals surface area contributed by atoms with E-state index in [1.807, 2.05) is 30.3 Å². The molecule has 0 radical (unpaired) electrons. The van der Waals surface area contributed by atoms with Crippen molar-refractivity contribution in [1.29, 1.82) is 0 Å². The quantitative estimate of drug-likeness (QED) is 0.845. The Morgan fingerprint density at radius 3 is 2.45 bits per heavy atom. The molecule has 3 rings (SSSR count). The van der Waals surface area contributed by atoms with Gasteiger partial charge in [0.15, 0.2) is 0 Å². The Kier molecular flexibility index (Phi) is 3.88. The Labute approximate surface area is 130 Å². The first-order valence-electron chi connectivity index (χ1n) is 7.35. The second-order valence-electron chi connectivity index (χ2n) is 5.48. The minimum atomic E-state index is 0.324. The van der Waals surface area contributed by atoms with Crippen molar-refractivity contribution < 1.29 is 4.74 Å². The lowest BCUT2D eigenvalue weighted by atomic mass is 9.86. The van der Waals surface area contributed by atoms with E-state index in [0.29, 0.717) is 5.92 Å². The van der Waals surface area contributed by atoms with Crippen molar-refractivity contribution >= 4 is 5.69 Å². The van der Waals surface area contributed by atoms with Gasteiger partial charge in [0.1, 0.15) is 5.75 Å². The van der Waals surface area contributed by atoms with Crippen LogP contribution >= 0.6 is 0 Å². The van der Waals surface area contributed by atoms with E-state index in [4.69, 9.17) is 16.2 Å². The molecule has 0 amide bonds. The van der Waals surface area contributed by atoms with Crippen LogP contribution in [0.3, 0.4) is 0 Å². The van der Waals surface area contributed by atoms with E-state index in [1.54, 1.807) is 7.11 Å². The second kappa shape index (κ2) is 5.98. The molecule has 0 spiro atoms. The molecule has 0 saturated carbocycles. The molecule has 0 heterocycles. The molecular formula is C19H20N2O. The highest BCUT2D eigenvalue weighted by Crippen LogP contribution is 2.35. The molecule has 3 heteroatoms. The van der Waals surface area contributed by atoms with Crippen LogP contribution in [0.5, 0.6) is 5.75 Å². The number of hydrogen-bond acceptors (Lipinski definition) is 3. The van der Waals surface area contributed by atoms with Gasteiger partial charge in [-0.15, -0.1) is 0 Å². The molecule has 1 unspecified atom stereocenters. The van der Waals surface area contributed by atoms with Gasteiger partial charge in [0.2, 0.25) is 0 Å². The summed E-state index contributed by atoms with van der Waals surface area (Å²) >= 11 is 0. The Morgan fingerprint density at radius 2 is 1.82 bits per heavy atom. The number of allylic oxidation sites excluding steroid dienone is 3. The van der Waals surface area contributed by atoms with Crippen LogP contribution in [0.1, 0.15) is 17.9 Å². The van der Waals surface area contributed by atoms with Gasteiger partial charge in [0.05, 0.1) is 7.11 Å². The Hall–Kier alpha value is -2.68. The number of ether oxygens (including phenoxy) is 1. The van der Waals surface area contributed by atoms with Crippen LogP contribution in [0.25, 0.3) is 11.1 Å². The number of benzene rings is 2. The Bertz CT molecular complexity index is 730. The fourth-order valence-corrected chi connectivity index (χ4v) is 2.79. The van der Waals surface area contributed by atoms with E-state index in [-0.39, 0.29) is 0 Å².